The Kier molecular flexibility index (Phi) is 1.54. The molecule has 2 aromatic heterocycles. The van der Waals surface area contributed by atoms with E-state index in [1.165, 1.54) is 10.9 Å². The Morgan fingerprint density at radius 1 is 1.67 bits per heavy atom. The first-order valence-corrected chi connectivity index (χ1v) is 4.17. The molecule has 0 spiro atoms. The van der Waals surface area contributed by atoms with Gasteiger partial charge in [0.15, 0.2) is 0 Å². The molecule has 0 saturated heterocycles. The van der Waals surface area contributed by atoms with E-state index in [1.54, 1.807) is 13.2 Å². The molecule has 0 unspecified atom stereocenters. The second kappa shape index (κ2) is 2.45. The van der Waals surface area contributed by atoms with Gasteiger partial charge >= 0.3 is 0 Å². The zero-order valence-electron chi connectivity index (χ0n) is 6.34. The van der Waals surface area contributed by atoms with Crippen LogP contribution in [-0.4, -0.2) is 14.5 Å². The van der Waals surface area contributed by atoms with Crippen LogP contribution in [0.2, 0.25) is 0 Å². The van der Waals surface area contributed by atoms with Gasteiger partial charge in [-0.15, -0.1) is 0 Å². The van der Waals surface area contributed by atoms with Crippen molar-refractivity contribution in [3.05, 3.63) is 27.4 Å². The molecule has 0 atom stereocenters. The third-order valence-electron chi connectivity index (χ3n) is 1.70. The summed E-state index contributed by atoms with van der Waals surface area (Å²) in [5.41, 5.74) is 1.15. The second-order valence-corrected chi connectivity index (χ2v) is 3.38. The van der Waals surface area contributed by atoms with Crippen molar-refractivity contribution < 1.29 is 0 Å². The monoisotopic (exact) mass is 227 g/mol. The van der Waals surface area contributed by atoms with Crippen molar-refractivity contribution >= 4 is 27.0 Å². The van der Waals surface area contributed by atoms with E-state index in [-0.39, 0.29) is 5.56 Å². The van der Waals surface area contributed by atoms with Crippen LogP contribution in [0.15, 0.2) is 21.8 Å². The molecule has 0 aliphatic heterocycles. The molecule has 5 heteroatoms. The Morgan fingerprint density at radius 2 is 2.42 bits per heavy atom. The van der Waals surface area contributed by atoms with E-state index in [2.05, 4.69) is 25.9 Å². The van der Waals surface area contributed by atoms with Crippen molar-refractivity contribution in [2.75, 3.05) is 0 Å². The highest BCUT2D eigenvalue weighted by atomic mass is 79.9. The predicted octanol–water partition coefficient (Wildman–Crippen LogP) is 1.02. The van der Waals surface area contributed by atoms with Crippen molar-refractivity contribution in [3.8, 4) is 0 Å². The molecule has 12 heavy (non-hydrogen) atoms. The van der Waals surface area contributed by atoms with Crippen molar-refractivity contribution in [2.24, 2.45) is 7.05 Å². The van der Waals surface area contributed by atoms with Gasteiger partial charge in [0.2, 0.25) is 0 Å². The molecule has 2 heterocycles. The number of H-pyrrole nitrogens is 1. The van der Waals surface area contributed by atoms with Crippen LogP contribution in [0.25, 0.3) is 11.0 Å². The van der Waals surface area contributed by atoms with Crippen molar-refractivity contribution in [3.63, 3.8) is 0 Å². The van der Waals surface area contributed by atoms with Gasteiger partial charge in [-0.3, -0.25) is 4.79 Å². The predicted molar refractivity (Wildman–Crippen MR) is 49.0 cm³/mol. The van der Waals surface area contributed by atoms with Gasteiger partial charge in [-0.2, -0.15) is 0 Å². The van der Waals surface area contributed by atoms with Crippen LogP contribution < -0.4 is 5.56 Å². The summed E-state index contributed by atoms with van der Waals surface area (Å²) >= 11 is 3.28. The minimum atomic E-state index is -0.0642. The molecular weight excluding hydrogens is 222 g/mol. The van der Waals surface area contributed by atoms with Gasteiger partial charge in [-0.25, -0.2) is 4.98 Å². The largest absolute Gasteiger partial charge is 0.354 e. The zero-order valence-corrected chi connectivity index (χ0v) is 7.92. The van der Waals surface area contributed by atoms with Gasteiger partial charge in [0.1, 0.15) is 11.0 Å². The number of nitrogens with zero attached hydrogens (tertiary/aromatic N) is 2. The van der Waals surface area contributed by atoms with Crippen LogP contribution in [-0.2, 0) is 7.05 Å². The maximum Gasteiger partial charge on any atom is 0.277 e. The van der Waals surface area contributed by atoms with E-state index in [1.807, 2.05) is 0 Å². The number of hydrogen-bond acceptors (Lipinski definition) is 2. The fourth-order valence-electron chi connectivity index (χ4n) is 1.05. The molecule has 0 fully saturated rings. The van der Waals surface area contributed by atoms with Crippen LogP contribution in [0.3, 0.4) is 0 Å². The SMILES string of the molecule is Cn1cnc2c(Br)c[nH]c2c1=O. The molecule has 4 nitrogen and oxygen atoms in total. The maximum absolute atomic E-state index is 11.4. The van der Waals surface area contributed by atoms with Crippen LogP contribution in [0.1, 0.15) is 0 Å². The number of aryl methyl sites for hydroxylation is 1. The number of fused-ring (bicyclic) bond motifs is 1. The van der Waals surface area contributed by atoms with Crippen molar-refractivity contribution in [2.45, 2.75) is 0 Å². The van der Waals surface area contributed by atoms with Crippen LogP contribution in [0.4, 0.5) is 0 Å². The highest BCUT2D eigenvalue weighted by Crippen LogP contribution is 2.17. The number of aromatic nitrogens is 3. The summed E-state index contributed by atoms with van der Waals surface area (Å²) in [5, 5.41) is 0. The first kappa shape index (κ1) is 7.54. The fourth-order valence-corrected chi connectivity index (χ4v) is 1.47. The molecule has 0 saturated carbocycles. The molecular formula is C7H6BrN3O. The molecule has 0 amide bonds. The molecule has 62 valence electrons. The van der Waals surface area contributed by atoms with Gasteiger partial charge in [-0.05, 0) is 15.9 Å². The normalized spacial score (nSPS) is 10.8. The number of hydrogen-bond donors (Lipinski definition) is 1. The molecule has 0 bridgehead atoms. The Bertz CT molecular complexity index is 485. The van der Waals surface area contributed by atoms with E-state index in [0.29, 0.717) is 11.0 Å². The minimum absolute atomic E-state index is 0.0642. The summed E-state index contributed by atoms with van der Waals surface area (Å²) in [6, 6.07) is 0. The smallest absolute Gasteiger partial charge is 0.277 e. The van der Waals surface area contributed by atoms with Gasteiger partial charge in [-0.1, -0.05) is 0 Å². The lowest BCUT2D eigenvalue weighted by atomic mass is 10.4. The third-order valence-corrected chi connectivity index (χ3v) is 2.30. The second-order valence-electron chi connectivity index (χ2n) is 2.52. The minimum Gasteiger partial charge on any atom is -0.354 e. The lowest BCUT2D eigenvalue weighted by molar-refractivity contribution is 0.840. The Morgan fingerprint density at radius 3 is 3.17 bits per heavy atom. The number of aromatic amines is 1. The van der Waals surface area contributed by atoms with Gasteiger partial charge in [0, 0.05) is 13.2 Å². The number of halogens is 1. The summed E-state index contributed by atoms with van der Waals surface area (Å²) in [5.74, 6) is 0. The maximum atomic E-state index is 11.4. The van der Waals surface area contributed by atoms with Gasteiger partial charge < -0.3 is 9.55 Å². The zero-order chi connectivity index (χ0) is 8.72. The average Bonchev–Trinajstić information content (AvgIpc) is 2.41. The molecule has 1 N–H and O–H groups in total. The summed E-state index contributed by atoms with van der Waals surface area (Å²) in [6.45, 7) is 0. The molecule has 2 aromatic rings. The van der Waals surface area contributed by atoms with Crippen molar-refractivity contribution in [1.29, 1.82) is 0 Å². The summed E-state index contributed by atoms with van der Waals surface area (Å²) < 4.78 is 2.25. The highest BCUT2D eigenvalue weighted by Gasteiger charge is 2.05. The molecule has 0 radical (unpaired) electrons. The summed E-state index contributed by atoms with van der Waals surface area (Å²) in [4.78, 5) is 18.4. The summed E-state index contributed by atoms with van der Waals surface area (Å²) in [7, 11) is 1.67. The fraction of sp³-hybridized carbons (Fsp3) is 0.143. The highest BCUT2D eigenvalue weighted by molar-refractivity contribution is 9.10. The van der Waals surface area contributed by atoms with E-state index in [0.717, 1.165) is 4.47 Å². The van der Waals surface area contributed by atoms with Crippen LogP contribution in [0.5, 0.6) is 0 Å². The molecule has 0 aliphatic carbocycles. The first-order chi connectivity index (χ1) is 5.70. The standard InChI is InChI=1S/C7H6BrN3O/c1-11-3-10-5-4(8)2-9-6(5)7(11)12/h2-3,9H,1H3. The van der Waals surface area contributed by atoms with E-state index < -0.39 is 0 Å². The average molecular weight is 228 g/mol. The van der Waals surface area contributed by atoms with Crippen molar-refractivity contribution in [1.82, 2.24) is 14.5 Å². The van der Waals surface area contributed by atoms with Crippen LogP contribution >= 0.6 is 15.9 Å². The lowest BCUT2D eigenvalue weighted by Crippen LogP contribution is -2.16. The number of nitrogens with one attached hydrogen (secondary N) is 1. The van der Waals surface area contributed by atoms with E-state index >= 15 is 0 Å². The molecule has 0 aromatic carbocycles. The quantitative estimate of drug-likeness (QED) is 0.731. The summed E-state index contributed by atoms with van der Waals surface area (Å²) in [6.07, 6.45) is 3.21. The third kappa shape index (κ3) is 0.896. The Balaban J connectivity index is 3.03. The van der Waals surface area contributed by atoms with E-state index in [4.69, 9.17) is 0 Å². The molecule has 2 rings (SSSR count). The van der Waals surface area contributed by atoms with Gasteiger partial charge in [0.25, 0.3) is 5.56 Å². The number of rotatable bonds is 0. The molecule has 0 aliphatic rings. The van der Waals surface area contributed by atoms with Gasteiger partial charge in [0.05, 0.1) is 10.8 Å². The first-order valence-electron chi connectivity index (χ1n) is 3.38. The lowest BCUT2D eigenvalue weighted by Gasteiger charge is -1.94. The topological polar surface area (TPSA) is 50.7 Å². The van der Waals surface area contributed by atoms with E-state index in [9.17, 15) is 4.79 Å². The van der Waals surface area contributed by atoms with Crippen LogP contribution in [0, 0.1) is 0 Å². The Labute approximate surface area is 76.4 Å². The Hall–Kier alpha value is -1.10.